The van der Waals surface area contributed by atoms with Gasteiger partial charge in [0.15, 0.2) is 0 Å². The van der Waals surface area contributed by atoms with Crippen LogP contribution in [0.1, 0.15) is 33.6 Å². The Morgan fingerprint density at radius 1 is 1.40 bits per heavy atom. The molecule has 82 valence electrons. The van der Waals surface area contributed by atoms with Crippen molar-refractivity contribution in [3.05, 3.63) is 24.5 Å². The highest BCUT2D eigenvalue weighted by Crippen LogP contribution is 2.41. The van der Waals surface area contributed by atoms with Gasteiger partial charge in [-0.05, 0) is 36.3 Å². The van der Waals surface area contributed by atoms with E-state index in [1.54, 1.807) is 0 Å². The van der Waals surface area contributed by atoms with Gasteiger partial charge in [0.25, 0.3) is 0 Å². The summed E-state index contributed by atoms with van der Waals surface area (Å²) in [6.45, 7) is 7.05. The summed E-state index contributed by atoms with van der Waals surface area (Å²) in [7, 11) is 0. The van der Waals surface area contributed by atoms with Gasteiger partial charge in [0.1, 0.15) is 0 Å². The van der Waals surface area contributed by atoms with Crippen LogP contribution in [0.25, 0.3) is 0 Å². The Morgan fingerprint density at radius 2 is 2.20 bits per heavy atom. The molecule has 0 spiro atoms. The number of pyridine rings is 1. The van der Waals surface area contributed by atoms with Crippen molar-refractivity contribution in [2.45, 2.75) is 39.7 Å². The van der Waals surface area contributed by atoms with E-state index in [1.807, 2.05) is 18.5 Å². The number of aromatic nitrogens is 1. The minimum Gasteiger partial charge on any atom is -0.381 e. The minimum atomic E-state index is 0.485. The van der Waals surface area contributed by atoms with Gasteiger partial charge in [-0.3, -0.25) is 4.98 Å². The van der Waals surface area contributed by atoms with Crippen LogP contribution in [-0.2, 0) is 0 Å². The summed E-state index contributed by atoms with van der Waals surface area (Å²) in [5, 5.41) is 3.58. The van der Waals surface area contributed by atoms with E-state index in [1.165, 1.54) is 12.8 Å². The smallest absolute Gasteiger partial charge is 0.0528 e. The summed E-state index contributed by atoms with van der Waals surface area (Å²) in [5.74, 6) is 0.750. The van der Waals surface area contributed by atoms with Crippen LogP contribution < -0.4 is 5.32 Å². The molecule has 0 radical (unpaired) electrons. The topological polar surface area (TPSA) is 24.9 Å². The quantitative estimate of drug-likeness (QED) is 0.799. The molecule has 1 aliphatic carbocycles. The minimum absolute atomic E-state index is 0.485. The molecule has 2 atom stereocenters. The molecule has 1 fully saturated rings. The Morgan fingerprint density at radius 3 is 2.73 bits per heavy atom. The lowest BCUT2D eigenvalue weighted by Crippen LogP contribution is -2.22. The highest BCUT2D eigenvalue weighted by atomic mass is 14.9. The normalized spacial score (nSPS) is 29.0. The lowest BCUT2D eigenvalue weighted by Gasteiger charge is -2.19. The second-order valence-corrected chi connectivity index (χ2v) is 5.54. The molecule has 0 amide bonds. The Balaban J connectivity index is 2.02. The number of hydrogen-bond donors (Lipinski definition) is 1. The van der Waals surface area contributed by atoms with E-state index in [0.29, 0.717) is 11.5 Å². The largest absolute Gasteiger partial charge is 0.381 e. The van der Waals surface area contributed by atoms with Crippen molar-refractivity contribution in [3.63, 3.8) is 0 Å². The Labute approximate surface area is 92.1 Å². The van der Waals surface area contributed by atoms with Gasteiger partial charge in [-0.25, -0.2) is 0 Å². The van der Waals surface area contributed by atoms with Crippen LogP contribution in [0, 0.1) is 11.3 Å². The van der Waals surface area contributed by atoms with Crippen molar-refractivity contribution in [1.29, 1.82) is 0 Å². The van der Waals surface area contributed by atoms with Crippen molar-refractivity contribution < 1.29 is 0 Å². The van der Waals surface area contributed by atoms with Gasteiger partial charge in [-0.15, -0.1) is 0 Å². The third kappa shape index (κ3) is 2.49. The Hall–Kier alpha value is -1.05. The van der Waals surface area contributed by atoms with Crippen molar-refractivity contribution in [1.82, 2.24) is 4.98 Å². The molecule has 2 rings (SSSR count). The number of hydrogen-bond acceptors (Lipinski definition) is 2. The zero-order chi connectivity index (χ0) is 10.9. The van der Waals surface area contributed by atoms with Gasteiger partial charge in [-0.1, -0.05) is 20.8 Å². The third-order valence-corrected chi connectivity index (χ3v) is 3.35. The second-order valence-electron chi connectivity index (χ2n) is 5.54. The van der Waals surface area contributed by atoms with E-state index in [-0.39, 0.29) is 0 Å². The first-order valence-corrected chi connectivity index (χ1v) is 5.73. The van der Waals surface area contributed by atoms with Gasteiger partial charge >= 0.3 is 0 Å². The number of nitrogens with one attached hydrogen (secondary N) is 1. The number of nitrogens with zero attached hydrogens (tertiary/aromatic N) is 1. The summed E-state index contributed by atoms with van der Waals surface area (Å²) in [5.41, 5.74) is 1.63. The van der Waals surface area contributed by atoms with Crippen molar-refractivity contribution in [3.8, 4) is 0 Å². The lowest BCUT2D eigenvalue weighted by atomic mass is 9.91. The van der Waals surface area contributed by atoms with Crippen LogP contribution in [0.4, 0.5) is 5.69 Å². The number of anilines is 1. The molecular weight excluding hydrogens is 184 g/mol. The first kappa shape index (κ1) is 10.5. The highest BCUT2D eigenvalue weighted by Gasteiger charge is 2.36. The molecule has 1 heterocycles. The molecule has 2 nitrogen and oxygen atoms in total. The van der Waals surface area contributed by atoms with Crippen LogP contribution in [0.2, 0.25) is 0 Å². The molecule has 2 unspecified atom stereocenters. The molecule has 1 saturated carbocycles. The summed E-state index contributed by atoms with van der Waals surface area (Å²) in [4.78, 5) is 4.13. The van der Waals surface area contributed by atoms with Crippen LogP contribution in [0.3, 0.4) is 0 Å². The van der Waals surface area contributed by atoms with Gasteiger partial charge in [0.2, 0.25) is 0 Å². The molecule has 0 aromatic carbocycles. The molecule has 0 saturated heterocycles. The van der Waals surface area contributed by atoms with E-state index in [0.717, 1.165) is 11.6 Å². The summed E-state index contributed by atoms with van der Waals surface area (Å²) in [6, 6.07) is 4.67. The van der Waals surface area contributed by atoms with Gasteiger partial charge < -0.3 is 5.32 Å². The van der Waals surface area contributed by atoms with Crippen LogP contribution in [0.5, 0.6) is 0 Å². The maximum atomic E-state index is 4.13. The molecule has 1 N–H and O–H groups in total. The molecule has 0 bridgehead atoms. The Bertz CT molecular complexity index is 319. The summed E-state index contributed by atoms with van der Waals surface area (Å²) in [6.07, 6.45) is 6.28. The summed E-state index contributed by atoms with van der Waals surface area (Å²) < 4.78 is 0. The maximum Gasteiger partial charge on any atom is 0.0528 e. The molecular formula is C13H20N2. The monoisotopic (exact) mass is 204 g/mol. The van der Waals surface area contributed by atoms with Crippen LogP contribution >= 0.6 is 0 Å². The fraction of sp³-hybridized carbons (Fsp3) is 0.615. The summed E-state index contributed by atoms with van der Waals surface area (Å²) >= 11 is 0. The Kier molecular flexibility index (Phi) is 2.68. The molecule has 0 aliphatic heterocycles. The van der Waals surface area contributed by atoms with Crippen molar-refractivity contribution >= 4 is 5.69 Å². The standard InChI is InChI=1S/C13H20N2/c1-10-7-13(2,3)8-12(10)15-11-5-4-6-14-9-11/h4-6,9-10,12,15H,7-8H2,1-3H3. The average molecular weight is 204 g/mol. The van der Waals surface area contributed by atoms with E-state index in [2.05, 4.69) is 37.1 Å². The van der Waals surface area contributed by atoms with E-state index in [4.69, 9.17) is 0 Å². The molecule has 1 aromatic heterocycles. The fourth-order valence-corrected chi connectivity index (χ4v) is 2.75. The van der Waals surface area contributed by atoms with E-state index in [9.17, 15) is 0 Å². The SMILES string of the molecule is CC1CC(C)(C)CC1Nc1cccnc1. The number of rotatable bonds is 2. The molecule has 1 aliphatic rings. The third-order valence-electron chi connectivity index (χ3n) is 3.35. The van der Waals surface area contributed by atoms with E-state index >= 15 is 0 Å². The van der Waals surface area contributed by atoms with Gasteiger partial charge in [-0.2, -0.15) is 0 Å². The van der Waals surface area contributed by atoms with E-state index < -0.39 is 0 Å². The van der Waals surface area contributed by atoms with Crippen LogP contribution in [-0.4, -0.2) is 11.0 Å². The van der Waals surface area contributed by atoms with Crippen LogP contribution in [0.15, 0.2) is 24.5 Å². The van der Waals surface area contributed by atoms with Gasteiger partial charge in [0, 0.05) is 18.4 Å². The molecule has 15 heavy (non-hydrogen) atoms. The fourth-order valence-electron chi connectivity index (χ4n) is 2.75. The highest BCUT2D eigenvalue weighted by molar-refractivity contribution is 5.41. The average Bonchev–Trinajstić information content (AvgIpc) is 2.41. The first-order chi connectivity index (χ1) is 7.07. The zero-order valence-electron chi connectivity index (χ0n) is 9.83. The van der Waals surface area contributed by atoms with Crippen molar-refractivity contribution in [2.75, 3.05) is 5.32 Å². The second kappa shape index (κ2) is 3.84. The predicted molar refractivity (Wildman–Crippen MR) is 63.8 cm³/mol. The molecule has 1 aromatic rings. The van der Waals surface area contributed by atoms with Crippen molar-refractivity contribution in [2.24, 2.45) is 11.3 Å². The first-order valence-electron chi connectivity index (χ1n) is 5.73. The lowest BCUT2D eigenvalue weighted by molar-refractivity contribution is 0.366. The zero-order valence-corrected chi connectivity index (χ0v) is 9.83. The van der Waals surface area contributed by atoms with Gasteiger partial charge in [0.05, 0.1) is 5.69 Å². The molecule has 2 heteroatoms. The predicted octanol–water partition coefficient (Wildman–Crippen LogP) is 3.32. The maximum absolute atomic E-state index is 4.13.